The van der Waals surface area contributed by atoms with Crippen LogP contribution in [-0.4, -0.2) is 61.0 Å². The first-order chi connectivity index (χ1) is 12.3. The first-order valence-electron chi connectivity index (χ1n) is 9.09. The summed E-state index contributed by atoms with van der Waals surface area (Å²) in [6.45, 7) is 3.23. The van der Waals surface area contributed by atoms with Crippen molar-refractivity contribution in [2.75, 3.05) is 38.2 Å². The van der Waals surface area contributed by atoms with Crippen molar-refractivity contribution in [3.8, 4) is 0 Å². The van der Waals surface area contributed by atoms with Crippen LogP contribution in [-0.2, 0) is 11.2 Å². The second-order valence-electron chi connectivity index (χ2n) is 6.71. The highest BCUT2D eigenvalue weighted by Crippen LogP contribution is 2.32. The maximum absolute atomic E-state index is 12.1. The monoisotopic (exact) mass is 364 g/mol. The molecule has 0 radical (unpaired) electrons. The molecule has 1 aromatic rings. The maximum Gasteiger partial charge on any atom is 0.223 e. The zero-order valence-electron chi connectivity index (χ0n) is 14.9. The van der Waals surface area contributed by atoms with Gasteiger partial charge in [-0.1, -0.05) is 0 Å². The lowest BCUT2D eigenvalue weighted by Crippen LogP contribution is -2.40. The van der Waals surface area contributed by atoms with Crippen LogP contribution in [0.4, 0.5) is 0 Å². The number of rotatable bonds is 9. The van der Waals surface area contributed by atoms with Crippen LogP contribution in [0.1, 0.15) is 25.0 Å². The summed E-state index contributed by atoms with van der Waals surface area (Å²) >= 11 is 1.81. The molecular weight excluding hydrogens is 336 g/mol. The fourth-order valence-electron chi connectivity index (χ4n) is 3.10. The second kappa shape index (κ2) is 9.17. The predicted octanol–water partition coefficient (Wildman–Crippen LogP) is 1.73. The molecule has 138 valence electrons. The number of aliphatic imine (C=N–C) groups is 1. The Labute approximate surface area is 153 Å². The van der Waals surface area contributed by atoms with E-state index in [0.29, 0.717) is 30.8 Å². The smallest absolute Gasteiger partial charge is 0.223 e. The zero-order chi connectivity index (χ0) is 17.5. The summed E-state index contributed by atoms with van der Waals surface area (Å²) in [5.74, 6) is 3.49. The van der Waals surface area contributed by atoms with E-state index in [1.165, 1.54) is 12.8 Å². The quantitative estimate of drug-likeness (QED) is 0.397. The molecule has 25 heavy (non-hydrogen) atoms. The molecule has 6 nitrogen and oxygen atoms in total. The van der Waals surface area contributed by atoms with Gasteiger partial charge in [0.2, 0.25) is 5.91 Å². The third kappa shape index (κ3) is 5.70. The molecule has 2 fully saturated rings. The van der Waals surface area contributed by atoms with E-state index in [1.54, 1.807) is 6.26 Å². The molecule has 3 rings (SSSR count). The number of hydrogen-bond donors (Lipinski definition) is 2. The van der Waals surface area contributed by atoms with Gasteiger partial charge >= 0.3 is 0 Å². The van der Waals surface area contributed by atoms with E-state index in [1.807, 2.05) is 23.9 Å². The van der Waals surface area contributed by atoms with Crippen LogP contribution < -0.4 is 10.6 Å². The van der Waals surface area contributed by atoms with Gasteiger partial charge in [-0.15, -0.1) is 0 Å². The topological polar surface area (TPSA) is 69.9 Å². The van der Waals surface area contributed by atoms with Crippen LogP contribution in [0, 0.1) is 5.92 Å². The molecule has 1 saturated carbocycles. The van der Waals surface area contributed by atoms with Gasteiger partial charge in [-0.3, -0.25) is 9.79 Å². The Morgan fingerprint density at radius 1 is 1.40 bits per heavy atom. The normalized spacial score (nSPS) is 21.0. The number of furan rings is 1. The first-order valence-corrected chi connectivity index (χ1v) is 10.5. The Bertz CT molecular complexity index is 572. The lowest BCUT2D eigenvalue weighted by atomic mass is 10.1. The van der Waals surface area contributed by atoms with Crippen LogP contribution in [0.15, 0.2) is 27.8 Å². The average Bonchev–Trinajstić information content (AvgIpc) is 3.18. The van der Waals surface area contributed by atoms with E-state index in [-0.39, 0.29) is 0 Å². The second-order valence-corrected chi connectivity index (χ2v) is 7.70. The van der Waals surface area contributed by atoms with E-state index >= 15 is 0 Å². The van der Waals surface area contributed by atoms with Crippen molar-refractivity contribution in [1.82, 2.24) is 15.5 Å². The Morgan fingerprint density at radius 2 is 2.24 bits per heavy atom. The minimum absolute atomic E-state index is 0.311. The molecule has 0 spiro atoms. The van der Waals surface area contributed by atoms with E-state index in [4.69, 9.17) is 9.41 Å². The number of carbonyl (C=O) groups excluding carboxylic acids is 1. The summed E-state index contributed by atoms with van der Waals surface area (Å²) in [4.78, 5) is 18.8. The number of guanidine groups is 1. The lowest BCUT2D eigenvalue weighted by molar-refractivity contribution is -0.128. The molecule has 0 aromatic carbocycles. The fraction of sp³-hybridized carbons (Fsp3) is 0.667. The summed E-state index contributed by atoms with van der Waals surface area (Å²) in [5.41, 5.74) is 0. The highest BCUT2D eigenvalue weighted by Gasteiger charge is 2.39. The Kier molecular flexibility index (Phi) is 6.67. The van der Waals surface area contributed by atoms with E-state index in [2.05, 4.69) is 21.8 Å². The summed E-state index contributed by atoms with van der Waals surface area (Å²) in [6.07, 6.45) is 7.62. The molecule has 1 atom stereocenters. The average molecular weight is 365 g/mol. The first kappa shape index (κ1) is 18.2. The maximum atomic E-state index is 12.1. The number of nitrogens with zero attached hydrogens (tertiary/aromatic N) is 2. The Morgan fingerprint density at radius 3 is 2.96 bits per heavy atom. The summed E-state index contributed by atoms with van der Waals surface area (Å²) in [6, 6.07) is 4.41. The molecule has 1 saturated heterocycles. The highest BCUT2D eigenvalue weighted by atomic mass is 32.2. The summed E-state index contributed by atoms with van der Waals surface area (Å²) in [5, 5.41) is 6.74. The van der Waals surface area contributed by atoms with Crippen LogP contribution in [0.5, 0.6) is 0 Å². The van der Waals surface area contributed by atoms with Crippen LogP contribution in [0.2, 0.25) is 0 Å². The van der Waals surface area contributed by atoms with Gasteiger partial charge in [-0.2, -0.15) is 11.8 Å². The molecule has 2 aliphatic rings. The molecule has 1 amide bonds. The van der Waals surface area contributed by atoms with E-state index in [9.17, 15) is 4.79 Å². The van der Waals surface area contributed by atoms with Gasteiger partial charge in [0.25, 0.3) is 0 Å². The highest BCUT2D eigenvalue weighted by molar-refractivity contribution is 7.98. The number of hydrogen-bond acceptors (Lipinski definition) is 4. The lowest BCUT2D eigenvalue weighted by Gasteiger charge is -2.15. The van der Waals surface area contributed by atoms with Crippen molar-refractivity contribution in [2.24, 2.45) is 10.9 Å². The van der Waals surface area contributed by atoms with Crippen LogP contribution >= 0.6 is 11.8 Å². The molecule has 2 N–H and O–H groups in total. The SMILES string of the molecule is CSCCNC(=NCC1CC(=O)N(C2CC2)C1)NCCc1ccco1. The predicted molar refractivity (Wildman–Crippen MR) is 102 cm³/mol. The standard InChI is InChI=1S/C18H28N4O2S/c1-25-10-8-20-18(19-7-6-16-3-2-9-24-16)21-12-14-11-17(23)22(13-14)15-4-5-15/h2-3,9,14-15H,4-8,10-13H2,1H3,(H2,19,20,21). The van der Waals surface area contributed by atoms with Crippen molar-refractivity contribution in [2.45, 2.75) is 31.7 Å². The number of likely N-dealkylation sites (tertiary alicyclic amines) is 1. The minimum Gasteiger partial charge on any atom is -0.469 e. The third-order valence-corrected chi connectivity index (χ3v) is 5.19. The zero-order valence-corrected chi connectivity index (χ0v) is 15.7. The van der Waals surface area contributed by atoms with Crippen LogP contribution in [0.3, 0.4) is 0 Å². The number of thioether (sulfide) groups is 1. The number of nitrogens with one attached hydrogen (secondary N) is 2. The molecule has 1 unspecified atom stereocenters. The van der Waals surface area contributed by atoms with Crippen molar-refractivity contribution in [3.63, 3.8) is 0 Å². The van der Waals surface area contributed by atoms with Gasteiger partial charge in [0.05, 0.1) is 6.26 Å². The van der Waals surface area contributed by atoms with Crippen molar-refractivity contribution in [3.05, 3.63) is 24.2 Å². The molecule has 7 heteroatoms. The molecule has 1 aliphatic heterocycles. The molecule has 1 aromatic heterocycles. The van der Waals surface area contributed by atoms with Gasteiger partial charge < -0.3 is 20.0 Å². The molecular formula is C18H28N4O2S. The van der Waals surface area contributed by atoms with Crippen LogP contribution in [0.25, 0.3) is 0 Å². The van der Waals surface area contributed by atoms with Crippen molar-refractivity contribution < 1.29 is 9.21 Å². The summed E-state index contributed by atoms with van der Waals surface area (Å²) in [7, 11) is 0. The minimum atomic E-state index is 0.311. The Balaban J connectivity index is 1.46. The van der Waals surface area contributed by atoms with Gasteiger partial charge in [0, 0.05) is 56.7 Å². The van der Waals surface area contributed by atoms with E-state index < -0.39 is 0 Å². The van der Waals surface area contributed by atoms with Gasteiger partial charge in [0.15, 0.2) is 5.96 Å². The largest absolute Gasteiger partial charge is 0.469 e. The van der Waals surface area contributed by atoms with Gasteiger partial charge in [-0.05, 0) is 31.2 Å². The molecule has 2 heterocycles. The Hall–Kier alpha value is -1.63. The molecule has 0 bridgehead atoms. The number of amides is 1. The van der Waals surface area contributed by atoms with E-state index in [0.717, 1.165) is 43.5 Å². The van der Waals surface area contributed by atoms with Gasteiger partial charge in [-0.25, -0.2) is 0 Å². The molecule has 1 aliphatic carbocycles. The van der Waals surface area contributed by atoms with Gasteiger partial charge in [0.1, 0.15) is 5.76 Å². The fourth-order valence-corrected chi connectivity index (χ4v) is 3.40. The third-order valence-electron chi connectivity index (χ3n) is 4.58. The summed E-state index contributed by atoms with van der Waals surface area (Å²) < 4.78 is 5.36. The van der Waals surface area contributed by atoms with Crippen molar-refractivity contribution in [1.29, 1.82) is 0 Å². The van der Waals surface area contributed by atoms with Crippen molar-refractivity contribution >= 4 is 23.6 Å². The number of carbonyl (C=O) groups is 1.